The van der Waals surface area contributed by atoms with E-state index in [1.807, 2.05) is 97.1 Å². The fourth-order valence-electron chi connectivity index (χ4n) is 3.40. The van der Waals surface area contributed by atoms with Crippen LogP contribution in [0.2, 0.25) is 0 Å². The number of pyridine rings is 2. The van der Waals surface area contributed by atoms with Crippen molar-refractivity contribution in [2.75, 3.05) is 0 Å². The van der Waals surface area contributed by atoms with E-state index in [1.54, 1.807) is 60.9 Å². The Morgan fingerprint density at radius 1 is 0.409 bits per heavy atom. The molecule has 2 heterocycles. The molecule has 0 bridgehead atoms. The van der Waals surface area contributed by atoms with Crippen molar-refractivity contribution in [3.05, 3.63) is 181 Å². The zero-order valence-electron chi connectivity index (χ0n) is 23.5. The van der Waals surface area contributed by atoms with Gasteiger partial charge in [-0.05, 0) is 23.5 Å². The minimum absolute atomic E-state index is 0. The van der Waals surface area contributed by atoms with Gasteiger partial charge in [0, 0.05) is 64.4 Å². The van der Waals surface area contributed by atoms with Crippen LogP contribution in [-0.4, -0.2) is 30.4 Å². The molecular formula is C36H32N2O4Pd2-2. The number of nitrogens with zero attached hydrogens (tertiary/aromatic N) is 2. The molecule has 8 heteroatoms. The first-order chi connectivity index (χ1) is 20.5. The summed E-state index contributed by atoms with van der Waals surface area (Å²) >= 11 is 0. The molecule has 0 fully saturated rings. The van der Waals surface area contributed by atoms with Crippen LogP contribution in [0.4, 0.5) is 0 Å². The summed E-state index contributed by atoms with van der Waals surface area (Å²) in [6.45, 7) is 0. The molecule has 0 spiro atoms. The maximum Gasteiger partial charge on any atom is 0.178 e. The number of aliphatic hydroxyl groups is 4. The van der Waals surface area contributed by atoms with Crippen LogP contribution >= 0.6 is 0 Å². The maximum atomic E-state index is 8.58. The fraction of sp³-hybridized carbons (Fsp3) is 0.0556. The van der Waals surface area contributed by atoms with E-state index in [9.17, 15) is 0 Å². The molecule has 0 aliphatic heterocycles. The number of hydrogen-bond donors (Lipinski definition) is 4. The molecule has 0 radical (unpaired) electrons. The Morgan fingerprint density at radius 2 is 0.750 bits per heavy atom. The van der Waals surface area contributed by atoms with Gasteiger partial charge in [0.25, 0.3) is 0 Å². The van der Waals surface area contributed by atoms with Crippen LogP contribution in [0.5, 0.6) is 0 Å². The van der Waals surface area contributed by atoms with E-state index < -0.39 is 12.6 Å². The molecule has 0 amide bonds. The van der Waals surface area contributed by atoms with E-state index in [-0.39, 0.29) is 40.8 Å². The van der Waals surface area contributed by atoms with E-state index >= 15 is 0 Å². The molecule has 0 saturated carbocycles. The molecule has 0 atom stereocenters. The third-order valence-corrected chi connectivity index (χ3v) is 5.50. The van der Waals surface area contributed by atoms with Crippen molar-refractivity contribution in [1.29, 1.82) is 0 Å². The van der Waals surface area contributed by atoms with Crippen molar-refractivity contribution in [2.45, 2.75) is 12.6 Å². The van der Waals surface area contributed by atoms with Crippen LogP contribution < -0.4 is 0 Å². The molecule has 0 aliphatic rings. The van der Waals surface area contributed by atoms with Crippen molar-refractivity contribution >= 4 is 0 Å². The standard InChI is InChI=1S/2C11H8N.2C7H8O2.2Pd/c2*1-2-6-10(7-3-1)11-8-4-5-9-12-11;2*8-7(9)6-4-2-1-3-5-6;;/h2*1-6,8-9H;2*1-5,7-9H;;/q2*-1;;;;. The van der Waals surface area contributed by atoms with Crippen molar-refractivity contribution in [2.24, 2.45) is 0 Å². The first kappa shape index (κ1) is 38.4. The summed E-state index contributed by atoms with van der Waals surface area (Å²) in [7, 11) is 0. The third-order valence-electron chi connectivity index (χ3n) is 5.50. The van der Waals surface area contributed by atoms with E-state index in [4.69, 9.17) is 20.4 Å². The second-order valence-electron chi connectivity index (χ2n) is 8.55. The monoisotopic (exact) mass is 768 g/mol. The molecule has 6 aromatic rings. The Hall–Kier alpha value is -3.66. The van der Waals surface area contributed by atoms with Crippen molar-refractivity contribution in [1.82, 2.24) is 9.97 Å². The molecule has 0 saturated heterocycles. The number of benzene rings is 4. The first-order valence-corrected chi connectivity index (χ1v) is 13.1. The van der Waals surface area contributed by atoms with Crippen LogP contribution in [0.3, 0.4) is 0 Å². The van der Waals surface area contributed by atoms with Crippen molar-refractivity contribution < 1.29 is 61.3 Å². The maximum absolute atomic E-state index is 8.58. The van der Waals surface area contributed by atoms with Crippen molar-refractivity contribution in [3.63, 3.8) is 0 Å². The van der Waals surface area contributed by atoms with Crippen LogP contribution in [0, 0.1) is 12.1 Å². The molecule has 0 aliphatic carbocycles. The largest absolute Gasteiger partial charge is 0.364 e. The average molecular weight is 770 g/mol. The molecule has 6 rings (SSSR count). The summed E-state index contributed by atoms with van der Waals surface area (Å²) in [6, 6.07) is 50.9. The summed E-state index contributed by atoms with van der Waals surface area (Å²) < 4.78 is 0. The molecular weight excluding hydrogens is 737 g/mol. The normalized spacial score (nSPS) is 9.41. The van der Waals surface area contributed by atoms with E-state index in [1.165, 1.54) is 0 Å². The summed E-state index contributed by atoms with van der Waals surface area (Å²) in [5, 5.41) is 34.3. The topological polar surface area (TPSA) is 107 Å². The Balaban J connectivity index is 0.000000292. The van der Waals surface area contributed by atoms with Crippen LogP contribution in [0.15, 0.2) is 158 Å². The van der Waals surface area contributed by atoms with Gasteiger partial charge in [0.1, 0.15) is 0 Å². The smallest absolute Gasteiger partial charge is 0.178 e. The molecule has 4 aromatic carbocycles. The zero-order valence-corrected chi connectivity index (χ0v) is 26.6. The molecule has 4 N–H and O–H groups in total. The predicted molar refractivity (Wildman–Crippen MR) is 164 cm³/mol. The van der Waals surface area contributed by atoms with Crippen molar-refractivity contribution in [3.8, 4) is 22.5 Å². The SMILES string of the molecule is OC(O)c1ccccc1.OC(O)c1ccccc1.[Pd].[Pd].[c-]1ccccc1-c1ccccn1.[c-]1ccccc1-c1ccccn1. The Labute approximate surface area is 286 Å². The molecule has 232 valence electrons. The fourth-order valence-corrected chi connectivity index (χ4v) is 3.40. The molecule has 2 aromatic heterocycles. The second-order valence-corrected chi connectivity index (χ2v) is 8.55. The third kappa shape index (κ3) is 14.7. The second kappa shape index (κ2) is 22.8. The van der Waals surface area contributed by atoms with Gasteiger partial charge in [0.15, 0.2) is 12.6 Å². The number of rotatable bonds is 4. The Bertz CT molecular complexity index is 1310. The Kier molecular flexibility index (Phi) is 19.9. The molecule has 44 heavy (non-hydrogen) atoms. The number of aromatic nitrogens is 2. The summed E-state index contributed by atoms with van der Waals surface area (Å²) in [5.41, 5.74) is 5.07. The number of aliphatic hydroxyl groups excluding tert-OH is 2. The summed E-state index contributed by atoms with van der Waals surface area (Å²) in [4.78, 5) is 8.44. The zero-order chi connectivity index (χ0) is 29.8. The van der Waals surface area contributed by atoms with Gasteiger partial charge in [-0.2, -0.15) is 0 Å². The summed E-state index contributed by atoms with van der Waals surface area (Å²) in [6.07, 6.45) is 0.893. The first-order valence-electron chi connectivity index (χ1n) is 13.1. The van der Waals surface area contributed by atoms with E-state index in [0.29, 0.717) is 11.1 Å². The average Bonchev–Trinajstić information content (AvgIpc) is 3.08. The minimum atomic E-state index is -1.34. The molecule has 6 nitrogen and oxygen atoms in total. The molecule has 0 unspecified atom stereocenters. The quantitative estimate of drug-likeness (QED) is 0.0937. The predicted octanol–water partition coefficient (Wildman–Crippen LogP) is 6.43. The van der Waals surface area contributed by atoms with Gasteiger partial charge in [0.05, 0.1) is 0 Å². The van der Waals surface area contributed by atoms with E-state index in [2.05, 4.69) is 22.1 Å². The number of hydrogen-bond acceptors (Lipinski definition) is 6. The van der Waals surface area contributed by atoms with Gasteiger partial charge in [0.2, 0.25) is 0 Å². The van der Waals surface area contributed by atoms with Gasteiger partial charge in [-0.1, -0.05) is 84.9 Å². The van der Waals surface area contributed by atoms with Gasteiger partial charge >= 0.3 is 0 Å². The Morgan fingerprint density at radius 3 is 1.00 bits per heavy atom. The van der Waals surface area contributed by atoms with E-state index in [0.717, 1.165) is 22.5 Å². The minimum Gasteiger partial charge on any atom is -0.364 e. The van der Waals surface area contributed by atoms with Crippen LogP contribution in [0.25, 0.3) is 22.5 Å². The van der Waals surface area contributed by atoms with Gasteiger partial charge in [-0.3, -0.25) is 0 Å². The van der Waals surface area contributed by atoms with Gasteiger partial charge in [-0.15, -0.1) is 71.8 Å². The summed E-state index contributed by atoms with van der Waals surface area (Å²) in [5.74, 6) is 0. The van der Waals surface area contributed by atoms with Crippen LogP contribution in [-0.2, 0) is 40.8 Å². The van der Waals surface area contributed by atoms with Gasteiger partial charge < -0.3 is 30.4 Å². The van der Waals surface area contributed by atoms with Crippen LogP contribution in [0.1, 0.15) is 23.7 Å². The van der Waals surface area contributed by atoms with Gasteiger partial charge in [-0.25, -0.2) is 0 Å².